The van der Waals surface area contributed by atoms with Crippen molar-refractivity contribution in [3.8, 4) is 17.4 Å². The van der Waals surface area contributed by atoms with E-state index in [2.05, 4.69) is 77.6 Å². The van der Waals surface area contributed by atoms with Crippen LogP contribution in [0.15, 0.2) is 73.3 Å². The van der Waals surface area contributed by atoms with Crippen molar-refractivity contribution in [2.75, 3.05) is 72.9 Å². The average molecular weight is 808 g/mol. The summed E-state index contributed by atoms with van der Waals surface area (Å²) in [5, 5.41) is 23.7. The highest BCUT2D eigenvalue weighted by molar-refractivity contribution is 5.71. The van der Waals surface area contributed by atoms with Crippen LogP contribution in [0.25, 0.3) is 11.4 Å². The zero-order valence-electron chi connectivity index (χ0n) is 32.6. The number of nitrogens with one attached hydrogen (secondary N) is 2. The molecule has 59 heavy (non-hydrogen) atoms. The Kier molecular flexibility index (Phi) is 11.1. The smallest absolute Gasteiger partial charge is 0.248 e. The SMILES string of the molecule is Cc1cc(Nc2ncn(-c3cc(F)cc(F)c3)n2)c(C)c(N2CC(N3CCOCC3)C2)c1.Cc1cc(Nc2ncn(-c3cc(F)cc(F)c3)n2)nc(N2CC(C#N)C2)c1. The number of rotatable bonds is 9. The summed E-state index contributed by atoms with van der Waals surface area (Å²) in [6, 6.07) is 17.2. The third-order valence-electron chi connectivity index (χ3n) is 10.3. The van der Waals surface area contributed by atoms with Gasteiger partial charge in [-0.3, -0.25) is 4.90 Å². The van der Waals surface area contributed by atoms with E-state index in [1.807, 2.05) is 24.0 Å². The molecule has 0 atom stereocenters. The third kappa shape index (κ3) is 9.11. The van der Waals surface area contributed by atoms with Crippen LogP contribution >= 0.6 is 0 Å². The van der Waals surface area contributed by atoms with Crippen molar-refractivity contribution in [3.05, 3.63) is 113 Å². The van der Waals surface area contributed by atoms with Gasteiger partial charge in [0.1, 0.15) is 47.6 Å². The first-order chi connectivity index (χ1) is 28.5. The van der Waals surface area contributed by atoms with Crippen molar-refractivity contribution >= 4 is 34.9 Å². The Bertz CT molecular complexity index is 2460. The van der Waals surface area contributed by atoms with E-state index in [1.54, 1.807) is 0 Å². The lowest BCUT2D eigenvalue weighted by atomic mass is 10.0. The number of morpholine rings is 1. The molecule has 3 aliphatic rings. The molecular weight excluding hydrogens is 767 g/mol. The van der Waals surface area contributed by atoms with Gasteiger partial charge in [0, 0.05) is 68.8 Å². The molecule has 3 aliphatic heterocycles. The number of anilines is 6. The molecule has 9 rings (SSSR count). The molecule has 0 radical (unpaired) electrons. The molecule has 6 aromatic rings. The molecule has 3 aromatic carbocycles. The van der Waals surface area contributed by atoms with Crippen molar-refractivity contribution in [2.45, 2.75) is 26.8 Å². The van der Waals surface area contributed by atoms with Crippen molar-refractivity contribution < 1.29 is 22.3 Å². The summed E-state index contributed by atoms with van der Waals surface area (Å²) in [6.07, 6.45) is 2.80. The Morgan fingerprint density at radius 3 is 1.81 bits per heavy atom. The van der Waals surface area contributed by atoms with Gasteiger partial charge >= 0.3 is 0 Å². The zero-order chi connectivity index (χ0) is 41.2. The first kappa shape index (κ1) is 39.3. The molecule has 304 valence electrons. The number of halogens is 4. The van der Waals surface area contributed by atoms with E-state index in [9.17, 15) is 17.6 Å². The summed E-state index contributed by atoms with van der Waals surface area (Å²) in [4.78, 5) is 19.8. The van der Waals surface area contributed by atoms with Crippen LogP contribution in [0.4, 0.5) is 52.5 Å². The maximum atomic E-state index is 13.5. The Labute approximate surface area is 337 Å². The van der Waals surface area contributed by atoms with Crippen molar-refractivity contribution in [1.29, 1.82) is 5.26 Å². The second kappa shape index (κ2) is 16.7. The third-order valence-corrected chi connectivity index (χ3v) is 10.3. The van der Waals surface area contributed by atoms with Gasteiger partial charge in [0.25, 0.3) is 0 Å². The lowest BCUT2D eigenvalue weighted by Crippen LogP contribution is -2.61. The van der Waals surface area contributed by atoms with Crippen LogP contribution in [0.5, 0.6) is 0 Å². The lowest BCUT2D eigenvalue weighted by Gasteiger charge is -2.48. The quantitative estimate of drug-likeness (QED) is 0.157. The fourth-order valence-corrected chi connectivity index (χ4v) is 7.21. The fraction of sp³-hybridized carbons (Fsp3) is 0.317. The summed E-state index contributed by atoms with van der Waals surface area (Å²) < 4.78 is 61.9. The molecule has 0 aliphatic carbocycles. The van der Waals surface area contributed by atoms with E-state index in [4.69, 9.17) is 10.00 Å². The van der Waals surface area contributed by atoms with Crippen molar-refractivity contribution in [3.63, 3.8) is 0 Å². The summed E-state index contributed by atoms with van der Waals surface area (Å²) in [5.41, 5.74) is 5.86. The van der Waals surface area contributed by atoms with Crippen LogP contribution in [0, 0.1) is 61.3 Å². The second-order valence-electron chi connectivity index (χ2n) is 14.8. The molecule has 0 unspecified atom stereocenters. The molecule has 2 N–H and O–H groups in total. The maximum absolute atomic E-state index is 13.5. The van der Waals surface area contributed by atoms with E-state index >= 15 is 0 Å². The van der Waals surface area contributed by atoms with Gasteiger partial charge in [0.05, 0.1) is 36.6 Å². The zero-order valence-corrected chi connectivity index (χ0v) is 32.6. The van der Waals surface area contributed by atoms with E-state index < -0.39 is 23.3 Å². The van der Waals surface area contributed by atoms with E-state index in [-0.39, 0.29) is 23.2 Å². The number of nitrogens with zero attached hydrogens (tertiary/aromatic N) is 11. The largest absolute Gasteiger partial charge is 0.379 e. The number of nitriles is 1. The predicted molar refractivity (Wildman–Crippen MR) is 214 cm³/mol. The molecule has 0 saturated carbocycles. The van der Waals surface area contributed by atoms with Gasteiger partial charge in [-0.25, -0.2) is 31.9 Å². The molecule has 0 bridgehead atoms. The first-order valence-electron chi connectivity index (χ1n) is 19.1. The molecule has 3 saturated heterocycles. The number of hydrogen-bond acceptors (Lipinski definition) is 12. The molecule has 3 aromatic heterocycles. The van der Waals surface area contributed by atoms with Gasteiger partial charge in [-0.2, -0.15) is 15.2 Å². The van der Waals surface area contributed by atoms with Gasteiger partial charge in [0.15, 0.2) is 0 Å². The van der Waals surface area contributed by atoms with Crippen LogP contribution in [0.1, 0.15) is 16.7 Å². The van der Waals surface area contributed by atoms with Crippen LogP contribution < -0.4 is 20.4 Å². The maximum Gasteiger partial charge on any atom is 0.248 e. The van der Waals surface area contributed by atoms with Crippen LogP contribution in [0.3, 0.4) is 0 Å². The lowest BCUT2D eigenvalue weighted by molar-refractivity contribution is 0.0105. The number of aromatic nitrogens is 7. The minimum absolute atomic E-state index is 0.0350. The van der Waals surface area contributed by atoms with Crippen molar-refractivity contribution in [1.82, 2.24) is 39.4 Å². The van der Waals surface area contributed by atoms with Gasteiger partial charge in [-0.05, 0) is 86.0 Å². The number of pyridine rings is 1. The monoisotopic (exact) mass is 807 g/mol. The molecular formula is C41H41F4N13O. The fourth-order valence-electron chi connectivity index (χ4n) is 7.21. The predicted octanol–water partition coefficient (Wildman–Crippen LogP) is 6.38. The van der Waals surface area contributed by atoms with Crippen LogP contribution in [-0.2, 0) is 4.74 Å². The highest BCUT2D eigenvalue weighted by Crippen LogP contribution is 2.34. The minimum atomic E-state index is -0.690. The van der Waals surface area contributed by atoms with Crippen LogP contribution in [-0.4, -0.2) is 97.9 Å². The number of hydrogen-bond donors (Lipinski definition) is 2. The summed E-state index contributed by atoms with van der Waals surface area (Å²) in [5.74, 6) is -0.720. The van der Waals surface area contributed by atoms with Gasteiger partial charge < -0.3 is 25.2 Å². The number of ether oxygens (including phenoxy) is 1. The van der Waals surface area contributed by atoms with Gasteiger partial charge in [0.2, 0.25) is 11.9 Å². The molecule has 0 spiro atoms. The van der Waals surface area contributed by atoms with Gasteiger partial charge in [-0.1, -0.05) is 0 Å². The highest BCUT2D eigenvalue weighted by Gasteiger charge is 2.34. The Morgan fingerprint density at radius 2 is 1.24 bits per heavy atom. The molecule has 18 heteroatoms. The molecule has 14 nitrogen and oxygen atoms in total. The average Bonchev–Trinajstić information content (AvgIpc) is 3.82. The summed E-state index contributed by atoms with van der Waals surface area (Å²) in [7, 11) is 0. The summed E-state index contributed by atoms with van der Waals surface area (Å²) >= 11 is 0. The first-order valence-corrected chi connectivity index (χ1v) is 19.1. The van der Waals surface area contributed by atoms with E-state index in [0.717, 1.165) is 79.7 Å². The minimum Gasteiger partial charge on any atom is -0.379 e. The molecule has 0 amide bonds. The van der Waals surface area contributed by atoms with E-state index in [1.165, 1.54) is 52.0 Å². The molecule has 6 heterocycles. The Hall–Kier alpha value is -6.58. The topological polar surface area (TPSA) is 141 Å². The molecule has 3 fully saturated rings. The van der Waals surface area contributed by atoms with E-state index in [0.29, 0.717) is 30.9 Å². The summed E-state index contributed by atoms with van der Waals surface area (Å²) in [6.45, 7) is 13.0. The highest BCUT2D eigenvalue weighted by atomic mass is 19.1. The van der Waals surface area contributed by atoms with Gasteiger partial charge in [-0.15, -0.1) is 10.2 Å². The Balaban J connectivity index is 0.000000167. The van der Waals surface area contributed by atoms with Crippen LogP contribution in [0.2, 0.25) is 0 Å². The number of benzene rings is 3. The standard InChI is InChI=1S/C23H26F2N6O.C18H15F2N7/c1-15-7-21(27-23-26-14-31(28-23)19-10-17(24)9-18(25)11-19)16(2)22(8-15)30-12-20(13-30)29-3-5-32-6-4-29;1-11-2-16(23-17(3-11)26-8-12(7-21)9-26)24-18-22-10-27(25-18)15-5-13(19)4-14(20)6-15/h7-11,14,20H,3-6,12-13H2,1-2H3,(H,27,28);2-6,10,12H,8-9H2,1H3,(H,23,24,25). The number of aryl methyl sites for hydroxylation is 2. The van der Waals surface area contributed by atoms with Crippen molar-refractivity contribution in [2.24, 2.45) is 5.92 Å². The Morgan fingerprint density at radius 1 is 0.678 bits per heavy atom. The second-order valence-corrected chi connectivity index (χ2v) is 14.8. The normalized spacial score (nSPS) is 15.8.